The lowest BCUT2D eigenvalue weighted by atomic mass is 10.2. The highest BCUT2D eigenvalue weighted by Gasteiger charge is 2.05. The normalized spacial score (nSPS) is 10.3. The summed E-state index contributed by atoms with van der Waals surface area (Å²) < 4.78 is 11.2. The van der Waals surface area contributed by atoms with E-state index in [1.165, 1.54) is 11.1 Å². The van der Waals surface area contributed by atoms with E-state index in [9.17, 15) is 0 Å². The molecule has 1 aromatic carbocycles. The molecule has 0 saturated heterocycles. The Morgan fingerprint density at radius 2 is 1.85 bits per heavy atom. The summed E-state index contributed by atoms with van der Waals surface area (Å²) in [5.74, 6) is 1.55. The van der Waals surface area contributed by atoms with Crippen molar-refractivity contribution in [3.05, 3.63) is 53.9 Å². The highest BCUT2D eigenvalue weighted by Crippen LogP contribution is 2.28. The second-order valence-electron chi connectivity index (χ2n) is 4.47. The minimum atomic E-state index is 0.617. The molecule has 2 aromatic rings. The first-order chi connectivity index (χ1) is 9.83. The number of aromatic nitrogens is 1. The van der Waals surface area contributed by atoms with Crippen LogP contribution in [0.3, 0.4) is 0 Å². The second-order valence-corrected chi connectivity index (χ2v) is 4.47. The van der Waals surface area contributed by atoms with Gasteiger partial charge in [0.05, 0.1) is 13.7 Å². The number of hydrogen-bond acceptors (Lipinski definition) is 4. The van der Waals surface area contributed by atoms with Crippen LogP contribution in [-0.2, 0) is 13.0 Å². The maximum absolute atomic E-state index is 5.80. The van der Waals surface area contributed by atoms with Crippen LogP contribution in [-0.4, -0.2) is 25.7 Å². The fourth-order valence-electron chi connectivity index (χ4n) is 1.97. The van der Waals surface area contributed by atoms with Crippen molar-refractivity contribution in [2.45, 2.75) is 13.0 Å². The van der Waals surface area contributed by atoms with Crippen molar-refractivity contribution in [2.24, 2.45) is 0 Å². The van der Waals surface area contributed by atoms with Crippen LogP contribution in [0.1, 0.15) is 11.1 Å². The minimum Gasteiger partial charge on any atom is -0.493 e. The van der Waals surface area contributed by atoms with Crippen LogP contribution in [0.15, 0.2) is 42.7 Å². The Labute approximate surface area is 119 Å². The third kappa shape index (κ3) is 3.96. The first-order valence-electron chi connectivity index (χ1n) is 6.66. The molecule has 4 heteroatoms. The molecule has 2 rings (SSSR count). The van der Waals surface area contributed by atoms with Gasteiger partial charge in [-0.2, -0.15) is 0 Å². The van der Waals surface area contributed by atoms with E-state index in [-0.39, 0.29) is 0 Å². The summed E-state index contributed by atoms with van der Waals surface area (Å²) in [5, 5.41) is 3.12. The van der Waals surface area contributed by atoms with Gasteiger partial charge in [0.1, 0.15) is 0 Å². The molecular formula is C16H20N2O2. The molecular weight excluding hydrogens is 252 g/mol. The molecule has 4 nitrogen and oxygen atoms in total. The van der Waals surface area contributed by atoms with Crippen LogP contribution in [0, 0.1) is 0 Å². The minimum absolute atomic E-state index is 0.617. The van der Waals surface area contributed by atoms with Gasteiger partial charge in [0.15, 0.2) is 11.5 Å². The summed E-state index contributed by atoms with van der Waals surface area (Å²) in [6, 6.07) is 9.99. The van der Waals surface area contributed by atoms with E-state index < -0.39 is 0 Å². The van der Waals surface area contributed by atoms with Gasteiger partial charge in [0.2, 0.25) is 0 Å². The molecule has 1 aromatic heterocycles. The molecule has 0 unspecified atom stereocenters. The Hall–Kier alpha value is -2.07. The lowest BCUT2D eigenvalue weighted by Gasteiger charge is -2.12. The van der Waals surface area contributed by atoms with E-state index in [0.717, 1.165) is 24.5 Å². The van der Waals surface area contributed by atoms with Crippen molar-refractivity contribution in [1.29, 1.82) is 0 Å². The van der Waals surface area contributed by atoms with Gasteiger partial charge < -0.3 is 14.8 Å². The zero-order chi connectivity index (χ0) is 14.2. The maximum atomic E-state index is 5.80. The van der Waals surface area contributed by atoms with Crippen molar-refractivity contribution in [3.63, 3.8) is 0 Å². The van der Waals surface area contributed by atoms with Crippen molar-refractivity contribution < 1.29 is 9.47 Å². The molecule has 0 bridgehead atoms. The number of methoxy groups -OCH3 is 1. The molecule has 1 heterocycles. The summed E-state index contributed by atoms with van der Waals surface area (Å²) in [7, 11) is 3.58. The Morgan fingerprint density at radius 1 is 1.05 bits per heavy atom. The summed E-state index contributed by atoms with van der Waals surface area (Å²) in [6.07, 6.45) is 4.44. The molecule has 0 aliphatic heterocycles. The molecule has 20 heavy (non-hydrogen) atoms. The van der Waals surface area contributed by atoms with Crippen LogP contribution >= 0.6 is 0 Å². The van der Waals surface area contributed by atoms with Gasteiger partial charge in [-0.3, -0.25) is 4.98 Å². The molecule has 1 N–H and O–H groups in total. The average Bonchev–Trinajstić information content (AvgIpc) is 2.50. The zero-order valence-electron chi connectivity index (χ0n) is 11.9. The summed E-state index contributed by atoms with van der Waals surface area (Å²) in [5.41, 5.74) is 2.39. The van der Waals surface area contributed by atoms with Crippen LogP contribution in [0.2, 0.25) is 0 Å². The largest absolute Gasteiger partial charge is 0.493 e. The lowest BCUT2D eigenvalue weighted by molar-refractivity contribution is 0.297. The van der Waals surface area contributed by atoms with E-state index in [1.807, 2.05) is 37.4 Å². The Morgan fingerprint density at radius 3 is 2.55 bits per heavy atom. The predicted molar refractivity (Wildman–Crippen MR) is 79.2 cm³/mol. The van der Waals surface area contributed by atoms with Gasteiger partial charge in [0.25, 0.3) is 0 Å². The predicted octanol–water partition coefficient (Wildman–Crippen LogP) is 2.43. The van der Waals surface area contributed by atoms with Crippen molar-refractivity contribution in [3.8, 4) is 11.5 Å². The fourth-order valence-corrected chi connectivity index (χ4v) is 1.97. The zero-order valence-corrected chi connectivity index (χ0v) is 11.9. The van der Waals surface area contributed by atoms with Crippen LogP contribution in [0.25, 0.3) is 0 Å². The number of nitrogens with zero attached hydrogens (tertiary/aromatic N) is 1. The molecule has 0 amide bonds. The monoisotopic (exact) mass is 272 g/mol. The quantitative estimate of drug-likeness (QED) is 0.840. The van der Waals surface area contributed by atoms with Gasteiger partial charge in [-0.25, -0.2) is 0 Å². The molecule has 0 fully saturated rings. The van der Waals surface area contributed by atoms with Crippen molar-refractivity contribution in [2.75, 3.05) is 20.8 Å². The van der Waals surface area contributed by atoms with Gasteiger partial charge in [-0.15, -0.1) is 0 Å². The topological polar surface area (TPSA) is 43.4 Å². The summed E-state index contributed by atoms with van der Waals surface area (Å²) >= 11 is 0. The molecule has 0 spiro atoms. The number of hydrogen-bond donors (Lipinski definition) is 1. The first-order valence-corrected chi connectivity index (χ1v) is 6.66. The third-order valence-corrected chi connectivity index (χ3v) is 3.01. The Balaban J connectivity index is 1.95. The van der Waals surface area contributed by atoms with Crippen molar-refractivity contribution >= 4 is 0 Å². The number of pyridine rings is 1. The summed E-state index contributed by atoms with van der Waals surface area (Å²) in [4.78, 5) is 4.00. The van der Waals surface area contributed by atoms with E-state index >= 15 is 0 Å². The van der Waals surface area contributed by atoms with Crippen LogP contribution in [0.5, 0.6) is 11.5 Å². The SMILES string of the molecule is CNCc1ccc(OCCc2ccncc2)c(OC)c1. The average molecular weight is 272 g/mol. The van der Waals surface area contributed by atoms with Crippen molar-refractivity contribution in [1.82, 2.24) is 10.3 Å². The van der Waals surface area contributed by atoms with Crippen LogP contribution in [0.4, 0.5) is 0 Å². The third-order valence-electron chi connectivity index (χ3n) is 3.01. The standard InChI is InChI=1S/C16H20N2O2/c1-17-12-14-3-4-15(16(11-14)19-2)20-10-7-13-5-8-18-9-6-13/h3-6,8-9,11,17H,7,10,12H2,1-2H3. The smallest absolute Gasteiger partial charge is 0.161 e. The molecule has 106 valence electrons. The van der Waals surface area contributed by atoms with E-state index in [1.54, 1.807) is 19.5 Å². The van der Waals surface area contributed by atoms with Gasteiger partial charge >= 0.3 is 0 Å². The molecule has 0 atom stereocenters. The molecule has 0 saturated carbocycles. The lowest BCUT2D eigenvalue weighted by Crippen LogP contribution is -2.06. The van der Waals surface area contributed by atoms with Gasteiger partial charge in [-0.05, 0) is 42.4 Å². The highest BCUT2D eigenvalue weighted by molar-refractivity contribution is 5.43. The van der Waals surface area contributed by atoms with Gasteiger partial charge in [0, 0.05) is 25.4 Å². The number of rotatable bonds is 7. The van der Waals surface area contributed by atoms with Gasteiger partial charge in [-0.1, -0.05) is 6.07 Å². The number of ether oxygens (including phenoxy) is 2. The Kier molecular flexibility index (Phi) is 5.38. The first kappa shape index (κ1) is 14.3. The second kappa shape index (κ2) is 7.50. The number of benzene rings is 1. The van der Waals surface area contributed by atoms with E-state index in [2.05, 4.69) is 10.3 Å². The molecule has 0 aliphatic carbocycles. The number of nitrogens with one attached hydrogen (secondary N) is 1. The van der Waals surface area contributed by atoms with E-state index in [0.29, 0.717) is 6.61 Å². The summed E-state index contributed by atoms with van der Waals surface area (Å²) in [6.45, 7) is 1.43. The fraction of sp³-hybridized carbons (Fsp3) is 0.312. The molecule has 0 radical (unpaired) electrons. The molecule has 0 aliphatic rings. The van der Waals surface area contributed by atoms with Crippen LogP contribution < -0.4 is 14.8 Å². The Bertz CT molecular complexity index is 529. The maximum Gasteiger partial charge on any atom is 0.161 e. The van der Waals surface area contributed by atoms with E-state index in [4.69, 9.17) is 9.47 Å². The highest BCUT2D eigenvalue weighted by atomic mass is 16.5.